The zero-order valence-corrected chi connectivity index (χ0v) is 20.3. The Labute approximate surface area is 216 Å². The second-order valence-corrected chi connectivity index (χ2v) is 9.15. The van der Waals surface area contributed by atoms with E-state index in [1.54, 1.807) is 24.3 Å². The molecule has 2 aromatic carbocycles. The van der Waals surface area contributed by atoms with Crippen LogP contribution in [0.2, 0.25) is 5.02 Å². The Bertz CT molecular complexity index is 1250. The molecule has 194 valence electrons. The number of hydrogen-bond acceptors (Lipinski definition) is 7. The van der Waals surface area contributed by atoms with Crippen LogP contribution in [0.25, 0.3) is 11.1 Å². The highest BCUT2D eigenvalue weighted by Gasteiger charge is 2.30. The van der Waals surface area contributed by atoms with Crippen molar-refractivity contribution in [1.29, 1.82) is 0 Å². The number of aliphatic carboxylic acids is 1. The van der Waals surface area contributed by atoms with Crippen molar-refractivity contribution < 1.29 is 23.9 Å². The largest absolute Gasteiger partial charge is 0.480 e. The first-order chi connectivity index (χ1) is 17.8. The lowest BCUT2D eigenvalue weighted by molar-refractivity contribution is -0.142. The summed E-state index contributed by atoms with van der Waals surface area (Å²) in [5.41, 5.74) is 1.70. The van der Waals surface area contributed by atoms with Gasteiger partial charge in [0.15, 0.2) is 0 Å². The van der Waals surface area contributed by atoms with E-state index in [1.165, 1.54) is 18.2 Å². The van der Waals surface area contributed by atoms with Gasteiger partial charge in [0.05, 0.1) is 6.04 Å². The average Bonchev–Trinajstić information content (AvgIpc) is 3.60. The van der Waals surface area contributed by atoms with E-state index in [0.29, 0.717) is 29.1 Å². The molecule has 0 radical (unpaired) electrons. The first kappa shape index (κ1) is 26.2. The minimum absolute atomic E-state index is 0.0952. The molecule has 2 amide bonds. The number of hydrogen-bond donors (Lipinski definition) is 5. The predicted octanol–water partition coefficient (Wildman–Crippen LogP) is 1.71. The van der Waals surface area contributed by atoms with Gasteiger partial charge < -0.3 is 21.1 Å². The number of carbonyl (C=O) groups excluding carboxylic acids is 2. The molecule has 37 heavy (non-hydrogen) atoms. The summed E-state index contributed by atoms with van der Waals surface area (Å²) in [5, 5.41) is 31.4. The van der Waals surface area contributed by atoms with Crippen LogP contribution in [-0.4, -0.2) is 68.2 Å². The summed E-state index contributed by atoms with van der Waals surface area (Å²) >= 11 is 6.00. The standard InChI is InChI=1S/C24H25ClFN7O4/c25-15-7-8-18(26)17(11-15)14-5-3-13(4-6-14)10-16(28-23(35)21-30-32-33-31-21)12-20(24(36)37)29-22(34)19-2-1-9-27-19/h3-8,11,16,19-20,27H,1-2,9-10,12H2,(H,28,35)(H,29,34)(H,36,37)(H,30,31,32,33)/t16-,19+,20-/m1/s1. The fraction of sp³-hybridized carbons (Fsp3) is 0.333. The molecule has 0 unspecified atom stereocenters. The summed E-state index contributed by atoms with van der Waals surface area (Å²) in [7, 11) is 0. The van der Waals surface area contributed by atoms with Crippen molar-refractivity contribution in [2.24, 2.45) is 0 Å². The predicted molar refractivity (Wildman–Crippen MR) is 131 cm³/mol. The second kappa shape index (κ2) is 11.9. The Kier molecular flexibility index (Phi) is 8.41. The van der Waals surface area contributed by atoms with Crippen LogP contribution in [0.5, 0.6) is 0 Å². The van der Waals surface area contributed by atoms with E-state index in [9.17, 15) is 23.9 Å². The molecule has 3 atom stereocenters. The molecule has 11 nitrogen and oxygen atoms in total. The van der Waals surface area contributed by atoms with Gasteiger partial charge in [-0.3, -0.25) is 9.59 Å². The average molecular weight is 530 g/mol. The second-order valence-electron chi connectivity index (χ2n) is 8.72. The Morgan fingerprint density at radius 3 is 2.59 bits per heavy atom. The van der Waals surface area contributed by atoms with Gasteiger partial charge in [0.2, 0.25) is 5.91 Å². The molecule has 1 aliphatic heterocycles. The number of rotatable bonds is 10. The van der Waals surface area contributed by atoms with Crippen LogP contribution < -0.4 is 16.0 Å². The molecule has 2 heterocycles. The van der Waals surface area contributed by atoms with Crippen molar-refractivity contribution in [3.63, 3.8) is 0 Å². The maximum absolute atomic E-state index is 14.3. The smallest absolute Gasteiger partial charge is 0.326 e. The van der Waals surface area contributed by atoms with Crippen molar-refractivity contribution in [3.05, 3.63) is 64.7 Å². The fourth-order valence-corrected chi connectivity index (χ4v) is 4.38. The van der Waals surface area contributed by atoms with Crippen molar-refractivity contribution in [1.82, 2.24) is 36.6 Å². The van der Waals surface area contributed by atoms with Gasteiger partial charge in [0, 0.05) is 16.6 Å². The molecular formula is C24H25ClFN7O4. The van der Waals surface area contributed by atoms with Crippen LogP contribution >= 0.6 is 11.6 Å². The summed E-state index contributed by atoms with van der Waals surface area (Å²) in [6.07, 6.45) is 1.58. The monoisotopic (exact) mass is 529 g/mol. The van der Waals surface area contributed by atoms with Gasteiger partial charge in [-0.1, -0.05) is 35.9 Å². The molecule has 0 saturated carbocycles. The number of nitrogens with zero attached hydrogens (tertiary/aromatic N) is 3. The number of aromatic nitrogens is 4. The van der Waals surface area contributed by atoms with E-state index in [0.717, 1.165) is 12.0 Å². The molecule has 13 heteroatoms. The maximum Gasteiger partial charge on any atom is 0.326 e. The molecule has 1 saturated heterocycles. The van der Waals surface area contributed by atoms with Gasteiger partial charge in [-0.15, -0.1) is 10.2 Å². The highest BCUT2D eigenvalue weighted by atomic mass is 35.5. The quantitative estimate of drug-likeness (QED) is 0.265. The number of amides is 2. The fourth-order valence-electron chi connectivity index (χ4n) is 4.21. The summed E-state index contributed by atoms with van der Waals surface area (Å²) in [6.45, 7) is 0.689. The van der Waals surface area contributed by atoms with Crippen LogP contribution in [0.15, 0.2) is 42.5 Å². The minimum Gasteiger partial charge on any atom is -0.480 e. The zero-order chi connectivity index (χ0) is 26.4. The number of benzene rings is 2. The Balaban J connectivity index is 1.51. The number of tetrazole rings is 1. The third-order valence-electron chi connectivity index (χ3n) is 6.07. The lowest BCUT2D eigenvalue weighted by Crippen LogP contribution is -2.51. The highest BCUT2D eigenvalue weighted by Crippen LogP contribution is 2.26. The van der Waals surface area contributed by atoms with Crippen LogP contribution in [0.1, 0.15) is 35.4 Å². The number of carboxylic acid groups (broad SMARTS) is 1. The van der Waals surface area contributed by atoms with Gasteiger partial charge in [0.25, 0.3) is 11.7 Å². The van der Waals surface area contributed by atoms with Gasteiger partial charge in [0.1, 0.15) is 11.9 Å². The van der Waals surface area contributed by atoms with E-state index in [4.69, 9.17) is 11.6 Å². The number of H-pyrrole nitrogens is 1. The van der Waals surface area contributed by atoms with Crippen LogP contribution in [0.4, 0.5) is 4.39 Å². The van der Waals surface area contributed by atoms with Crippen molar-refractivity contribution in [2.75, 3.05) is 6.54 Å². The molecule has 0 bridgehead atoms. The van der Waals surface area contributed by atoms with Crippen LogP contribution in [0, 0.1) is 5.82 Å². The third-order valence-corrected chi connectivity index (χ3v) is 6.31. The van der Waals surface area contributed by atoms with Crippen molar-refractivity contribution >= 4 is 29.4 Å². The Hall–Kier alpha value is -3.90. The SMILES string of the molecule is O=C(N[C@H](Cc1ccc(-c2cc(Cl)ccc2F)cc1)C[C@@H](NC(=O)[C@@H]1CCCN1)C(=O)O)c1nn[nH]n1. The number of carboxylic acids is 1. The number of halogens is 2. The van der Waals surface area contributed by atoms with E-state index in [2.05, 4.69) is 36.6 Å². The van der Waals surface area contributed by atoms with Crippen molar-refractivity contribution in [3.8, 4) is 11.1 Å². The zero-order valence-electron chi connectivity index (χ0n) is 19.6. The molecule has 3 aromatic rings. The van der Waals surface area contributed by atoms with Gasteiger partial charge in [-0.2, -0.15) is 5.21 Å². The molecule has 5 N–H and O–H groups in total. The maximum atomic E-state index is 14.3. The summed E-state index contributed by atoms with van der Waals surface area (Å²) in [5.74, 6) is -2.90. The molecule has 0 aliphatic carbocycles. The number of aromatic amines is 1. The highest BCUT2D eigenvalue weighted by molar-refractivity contribution is 6.30. The third kappa shape index (κ3) is 6.86. The van der Waals surface area contributed by atoms with E-state index in [1.807, 2.05) is 0 Å². The van der Waals surface area contributed by atoms with E-state index < -0.39 is 41.7 Å². The van der Waals surface area contributed by atoms with Gasteiger partial charge in [-0.25, -0.2) is 9.18 Å². The van der Waals surface area contributed by atoms with Crippen LogP contribution in [0.3, 0.4) is 0 Å². The van der Waals surface area contributed by atoms with E-state index in [-0.39, 0.29) is 18.7 Å². The van der Waals surface area contributed by atoms with Crippen molar-refractivity contribution in [2.45, 2.75) is 43.8 Å². The summed E-state index contributed by atoms with van der Waals surface area (Å²) in [6, 6.07) is 8.80. The summed E-state index contributed by atoms with van der Waals surface area (Å²) in [4.78, 5) is 37.1. The first-order valence-electron chi connectivity index (χ1n) is 11.7. The number of carbonyl (C=O) groups is 3. The summed E-state index contributed by atoms with van der Waals surface area (Å²) < 4.78 is 14.3. The lowest BCUT2D eigenvalue weighted by atomic mass is 9.96. The molecule has 4 rings (SSSR count). The minimum atomic E-state index is -1.25. The first-order valence-corrected chi connectivity index (χ1v) is 12.0. The molecule has 0 spiro atoms. The van der Waals surface area contributed by atoms with E-state index >= 15 is 0 Å². The number of nitrogens with one attached hydrogen (secondary N) is 4. The topological polar surface area (TPSA) is 162 Å². The molecule has 1 aliphatic rings. The van der Waals surface area contributed by atoms with Gasteiger partial charge >= 0.3 is 5.97 Å². The molecule has 1 aromatic heterocycles. The normalized spacial score (nSPS) is 16.6. The Morgan fingerprint density at radius 1 is 1.16 bits per heavy atom. The Morgan fingerprint density at radius 2 is 1.95 bits per heavy atom. The lowest BCUT2D eigenvalue weighted by Gasteiger charge is -2.24. The van der Waals surface area contributed by atoms with Gasteiger partial charge in [-0.05, 0) is 66.8 Å². The van der Waals surface area contributed by atoms with Crippen LogP contribution in [-0.2, 0) is 16.0 Å². The molecule has 1 fully saturated rings. The molecular weight excluding hydrogens is 505 g/mol.